The van der Waals surface area contributed by atoms with Crippen LogP contribution in [0.3, 0.4) is 0 Å². The lowest BCUT2D eigenvalue weighted by atomic mass is 10.1. The monoisotopic (exact) mass is 458 g/mol. The Morgan fingerprint density at radius 3 is 2.56 bits per heavy atom. The van der Waals surface area contributed by atoms with Crippen molar-refractivity contribution in [3.8, 4) is 0 Å². The van der Waals surface area contributed by atoms with Gasteiger partial charge in [0.05, 0.1) is 11.9 Å². The maximum atomic E-state index is 12.9. The third kappa shape index (κ3) is 5.11. The second kappa shape index (κ2) is 10.1. The molecule has 2 atom stereocenters. The molecule has 0 spiro atoms. The molecule has 176 valence electrons. The van der Waals surface area contributed by atoms with Crippen LogP contribution in [-0.2, 0) is 11.3 Å². The predicted molar refractivity (Wildman–Crippen MR) is 129 cm³/mol. The zero-order chi connectivity index (χ0) is 23.3. The minimum atomic E-state index is -0.113. The lowest BCUT2D eigenvalue weighted by Crippen LogP contribution is -2.49. The minimum Gasteiger partial charge on any atom is -0.353 e. The average molecular weight is 459 g/mol. The fraction of sp³-hybridized carbons (Fsp3) is 0.385. The van der Waals surface area contributed by atoms with Crippen LogP contribution in [0.15, 0.2) is 67.4 Å². The highest BCUT2D eigenvalue weighted by Crippen LogP contribution is 2.48. The van der Waals surface area contributed by atoms with Gasteiger partial charge in [-0.05, 0) is 36.5 Å². The van der Waals surface area contributed by atoms with Crippen LogP contribution in [-0.4, -0.2) is 64.0 Å². The van der Waals surface area contributed by atoms with Crippen LogP contribution < -0.4 is 10.2 Å². The van der Waals surface area contributed by atoms with Gasteiger partial charge >= 0.3 is 0 Å². The number of aromatic nitrogens is 3. The Morgan fingerprint density at radius 2 is 1.85 bits per heavy atom. The van der Waals surface area contributed by atoms with E-state index in [-0.39, 0.29) is 17.7 Å². The SMILES string of the molecule is O=C(NCCCn1ccnc1)c1ccc(N2CCN(C(=O)C3CC3c3ccccc3)CC2)nc1. The number of anilines is 1. The van der Waals surface area contributed by atoms with E-state index in [0.717, 1.165) is 38.3 Å². The quantitative estimate of drug-likeness (QED) is 0.525. The third-order valence-electron chi connectivity index (χ3n) is 6.70. The summed E-state index contributed by atoms with van der Waals surface area (Å²) in [5.74, 6) is 1.51. The van der Waals surface area contributed by atoms with Gasteiger partial charge in [0.25, 0.3) is 5.91 Å². The molecule has 8 nitrogen and oxygen atoms in total. The number of benzene rings is 1. The van der Waals surface area contributed by atoms with Gasteiger partial charge < -0.3 is 19.7 Å². The number of aryl methyl sites for hydroxylation is 1. The average Bonchev–Trinajstić information content (AvgIpc) is 3.53. The number of pyridine rings is 1. The number of carbonyl (C=O) groups is 2. The molecule has 2 aromatic heterocycles. The van der Waals surface area contributed by atoms with E-state index in [9.17, 15) is 9.59 Å². The van der Waals surface area contributed by atoms with E-state index in [1.54, 1.807) is 18.7 Å². The van der Waals surface area contributed by atoms with Crippen molar-refractivity contribution in [2.45, 2.75) is 25.3 Å². The first-order chi connectivity index (χ1) is 16.7. The number of nitrogens with zero attached hydrogens (tertiary/aromatic N) is 5. The Balaban J connectivity index is 1.06. The van der Waals surface area contributed by atoms with Gasteiger partial charge in [-0.1, -0.05) is 30.3 Å². The fourth-order valence-electron chi connectivity index (χ4n) is 4.62. The van der Waals surface area contributed by atoms with E-state index in [1.165, 1.54) is 5.56 Å². The number of piperazine rings is 1. The number of imidazole rings is 1. The molecule has 1 aromatic carbocycles. The summed E-state index contributed by atoms with van der Waals surface area (Å²) in [6.45, 7) is 4.33. The summed E-state index contributed by atoms with van der Waals surface area (Å²) < 4.78 is 1.99. The molecular weight excluding hydrogens is 428 g/mol. The molecule has 3 aromatic rings. The Labute approximate surface area is 199 Å². The summed E-state index contributed by atoms with van der Waals surface area (Å²) >= 11 is 0. The van der Waals surface area contributed by atoms with Crippen LogP contribution in [0.5, 0.6) is 0 Å². The summed E-state index contributed by atoms with van der Waals surface area (Å²) in [4.78, 5) is 38.0. The van der Waals surface area contributed by atoms with Crippen molar-refractivity contribution in [2.24, 2.45) is 5.92 Å². The van der Waals surface area contributed by atoms with Crippen molar-refractivity contribution in [1.29, 1.82) is 0 Å². The van der Waals surface area contributed by atoms with Crippen molar-refractivity contribution in [3.05, 3.63) is 78.5 Å². The first-order valence-corrected chi connectivity index (χ1v) is 12.0. The zero-order valence-electron chi connectivity index (χ0n) is 19.2. The van der Waals surface area contributed by atoms with Gasteiger partial charge in [-0.25, -0.2) is 9.97 Å². The molecule has 8 heteroatoms. The largest absolute Gasteiger partial charge is 0.353 e. The highest BCUT2D eigenvalue weighted by molar-refractivity contribution is 5.94. The van der Waals surface area contributed by atoms with E-state index in [2.05, 4.69) is 32.3 Å². The summed E-state index contributed by atoms with van der Waals surface area (Å²) in [5.41, 5.74) is 1.83. The number of amides is 2. The predicted octanol–water partition coefficient (Wildman–Crippen LogP) is 2.55. The number of hydrogen-bond acceptors (Lipinski definition) is 5. The topological polar surface area (TPSA) is 83.4 Å². The first kappa shape index (κ1) is 22.1. The number of nitrogens with one attached hydrogen (secondary N) is 1. The van der Waals surface area contributed by atoms with Gasteiger partial charge in [-0.15, -0.1) is 0 Å². The van der Waals surface area contributed by atoms with E-state index < -0.39 is 0 Å². The number of hydrogen-bond donors (Lipinski definition) is 1. The van der Waals surface area contributed by atoms with Crippen molar-refractivity contribution in [1.82, 2.24) is 24.8 Å². The van der Waals surface area contributed by atoms with E-state index in [4.69, 9.17) is 0 Å². The van der Waals surface area contributed by atoms with Crippen molar-refractivity contribution in [2.75, 3.05) is 37.6 Å². The van der Waals surface area contributed by atoms with Gasteiger partial charge in [0.15, 0.2) is 0 Å². The van der Waals surface area contributed by atoms with Crippen LogP contribution in [0.2, 0.25) is 0 Å². The molecule has 0 bridgehead atoms. The van der Waals surface area contributed by atoms with E-state index in [0.29, 0.717) is 31.1 Å². The molecule has 3 heterocycles. The molecule has 2 amide bonds. The summed E-state index contributed by atoms with van der Waals surface area (Å²) in [6, 6.07) is 14.0. The maximum Gasteiger partial charge on any atom is 0.252 e. The number of carbonyl (C=O) groups excluding carboxylic acids is 2. The van der Waals surface area contributed by atoms with Gasteiger partial charge in [0, 0.05) is 63.8 Å². The van der Waals surface area contributed by atoms with Gasteiger partial charge in [0.1, 0.15) is 5.82 Å². The Hall–Kier alpha value is -3.68. The zero-order valence-corrected chi connectivity index (χ0v) is 19.2. The maximum absolute atomic E-state index is 12.9. The normalized spacial score (nSPS) is 19.6. The summed E-state index contributed by atoms with van der Waals surface area (Å²) in [6.07, 6.45) is 8.85. The second-order valence-corrected chi connectivity index (χ2v) is 8.99. The molecule has 1 N–H and O–H groups in total. The molecule has 2 aliphatic rings. The molecular formula is C26H30N6O2. The molecule has 1 aliphatic heterocycles. The van der Waals surface area contributed by atoms with Gasteiger partial charge in [-0.2, -0.15) is 0 Å². The minimum absolute atomic E-state index is 0.113. The standard InChI is InChI=1S/C26H30N6O2/c33-25(28-9-4-11-30-12-10-27-19-30)21-7-8-24(29-18-21)31-13-15-32(16-14-31)26(34)23-17-22(23)20-5-2-1-3-6-20/h1-3,5-8,10,12,18-19,22-23H,4,9,11,13-17H2,(H,28,33). The molecule has 2 fully saturated rings. The van der Waals surface area contributed by atoms with Crippen LogP contribution in [0.4, 0.5) is 5.82 Å². The third-order valence-corrected chi connectivity index (χ3v) is 6.70. The van der Waals surface area contributed by atoms with Gasteiger partial charge in [-0.3, -0.25) is 9.59 Å². The van der Waals surface area contributed by atoms with Crippen molar-refractivity contribution in [3.63, 3.8) is 0 Å². The van der Waals surface area contributed by atoms with Crippen LogP contribution in [0.1, 0.15) is 34.7 Å². The highest BCUT2D eigenvalue weighted by Gasteiger charge is 2.46. The highest BCUT2D eigenvalue weighted by atomic mass is 16.2. The lowest BCUT2D eigenvalue weighted by Gasteiger charge is -2.35. The van der Waals surface area contributed by atoms with Crippen molar-refractivity contribution < 1.29 is 9.59 Å². The van der Waals surface area contributed by atoms with Crippen molar-refractivity contribution >= 4 is 17.6 Å². The van der Waals surface area contributed by atoms with E-state index in [1.807, 2.05) is 46.0 Å². The molecule has 5 rings (SSSR count). The molecule has 1 aliphatic carbocycles. The summed E-state index contributed by atoms with van der Waals surface area (Å²) in [5, 5.41) is 2.94. The summed E-state index contributed by atoms with van der Waals surface area (Å²) in [7, 11) is 0. The van der Waals surface area contributed by atoms with Crippen LogP contribution in [0.25, 0.3) is 0 Å². The second-order valence-electron chi connectivity index (χ2n) is 8.99. The molecule has 1 saturated carbocycles. The molecule has 1 saturated heterocycles. The molecule has 34 heavy (non-hydrogen) atoms. The molecule has 0 radical (unpaired) electrons. The van der Waals surface area contributed by atoms with Crippen LogP contribution >= 0.6 is 0 Å². The smallest absolute Gasteiger partial charge is 0.252 e. The van der Waals surface area contributed by atoms with Gasteiger partial charge in [0.2, 0.25) is 5.91 Å². The Kier molecular flexibility index (Phi) is 6.56. The van der Waals surface area contributed by atoms with E-state index >= 15 is 0 Å². The lowest BCUT2D eigenvalue weighted by molar-refractivity contribution is -0.133. The van der Waals surface area contributed by atoms with Crippen LogP contribution in [0, 0.1) is 5.92 Å². The fourth-order valence-corrected chi connectivity index (χ4v) is 4.62. The Morgan fingerprint density at radius 1 is 1.03 bits per heavy atom. The molecule has 2 unspecified atom stereocenters. The Bertz CT molecular complexity index is 1090. The first-order valence-electron chi connectivity index (χ1n) is 12.0. The number of rotatable bonds is 8.